The number of halogens is 2. The minimum Gasteiger partial charge on any atom is -0.507 e. The van der Waals surface area contributed by atoms with Gasteiger partial charge in [-0.3, -0.25) is 9.59 Å². The number of nitrogens with two attached hydrogens (primary N) is 1. The van der Waals surface area contributed by atoms with Crippen molar-refractivity contribution in [2.45, 2.75) is 0 Å². The van der Waals surface area contributed by atoms with Crippen LogP contribution in [0.1, 0.15) is 31.8 Å². The molecule has 0 aromatic heterocycles. The molecule has 0 heterocycles. The molecule has 7 heteroatoms. The Kier molecular flexibility index (Phi) is 3.95. The molecule has 0 saturated carbocycles. The SMILES string of the molecule is NC(CCl)=Nc1c(Br)cc(O)c2c1C(=O)c1ccccc1C2=O. The number of phenols is 1. The third-order valence-electron chi connectivity index (χ3n) is 3.50. The lowest BCUT2D eigenvalue weighted by atomic mass is 9.83. The molecule has 3 rings (SSSR count). The van der Waals surface area contributed by atoms with Crippen LogP contribution in [0.4, 0.5) is 5.69 Å². The Morgan fingerprint density at radius 1 is 1.17 bits per heavy atom. The Morgan fingerprint density at radius 2 is 1.74 bits per heavy atom. The minimum absolute atomic E-state index is 0.0219. The largest absolute Gasteiger partial charge is 0.507 e. The van der Waals surface area contributed by atoms with Crippen molar-refractivity contribution in [3.8, 4) is 5.75 Å². The van der Waals surface area contributed by atoms with Crippen LogP contribution in [0, 0.1) is 0 Å². The van der Waals surface area contributed by atoms with Crippen LogP contribution in [0.5, 0.6) is 5.75 Å². The van der Waals surface area contributed by atoms with Gasteiger partial charge in [0, 0.05) is 15.6 Å². The van der Waals surface area contributed by atoms with Crippen molar-refractivity contribution in [2.75, 3.05) is 5.88 Å². The third kappa shape index (κ3) is 2.44. The van der Waals surface area contributed by atoms with E-state index < -0.39 is 11.6 Å². The molecule has 2 aromatic carbocycles. The molecule has 5 nitrogen and oxygen atoms in total. The number of amidine groups is 1. The normalized spacial score (nSPS) is 13.7. The summed E-state index contributed by atoms with van der Waals surface area (Å²) in [6, 6.07) is 7.77. The number of carbonyl (C=O) groups is 2. The van der Waals surface area contributed by atoms with Gasteiger partial charge in [-0.2, -0.15) is 0 Å². The summed E-state index contributed by atoms with van der Waals surface area (Å²) in [6.07, 6.45) is 0. The average Bonchev–Trinajstić information content (AvgIpc) is 2.54. The van der Waals surface area contributed by atoms with E-state index in [-0.39, 0.29) is 45.4 Å². The number of aromatic hydroxyl groups is 1. The van der Waals surface area contributed by atoms with E-state index in [0.29, 0.717) is 4.47 Å². The van der Waals surface area contributed by atoms with Crippen LogP contribution in [0.15, 0.2) is 39.8 Å². The highest BCUT2D eigenvalue weighted by Gasteiger charge is 2.35. The number of ketones is 2. The second-order valence-electron chi connectivity index (χ2n) is 4.92. The lowest BCUT2D eigenvalue weighted by Gasteiger charge is -2.20. The fourth-order valence-corrected chi connectivity index (χ4v) is 3.07. The number of fused-ring (bicyclic) bond motifs is 2. The topological polar surface area (TPSA) is 92.8 Å². The van der Waals surface area contributed by atoms with Crippen LogP contribution < -0.4 is 5.73 Å². The Bertz CT molecular complexity index is 893. The van der Waals surface area contributed by atoms with Gasteiger partial charge in [-0.15, -0.1) is 11.6 Å². The minimum atomic E-state index is -0.430. The number of carbonyl (C=O) groups excluding carboxylic acids is 2. The number of benzene rings is 2. The zero-order valence-corrected chi connectivity index (χ0v) is 14.0. The summed E-state index contributed by atoms with van der Waals surface area (Å²) in [4.78, 5) is 29.6. The van der Waals surface area contributed by atoms with Gasteiger partial charge in [0.25, 0.3) is 0 Å². The highest BCUT2D eigenvalue weighted by molar-refractivity contribution is 9.10. The smallest absolute Gasteiger partial charge is 0.198 e. The first-order valence-electron chi connectivity index (χ1n) is 6.58. The Labute approximate surface area is 144 Å². The number of aliphatic imine (C=N–C) groups is 1. The van der Waals surface area contributed by atoms with Crippen LogP contribution in [0.2, 0.25) is 0 Å². The van der Waals surface area contributed by atoms with E-state index >= 15 is 0 Å². The van der Waals surface area contributed by atoms with Gasteiger partial charge >= 0.3 is 0 Å². The van der Waals surface area contributed by atoms with E-state index in [9.17, 15) is 14.7 Å². The molecule has 0 spiro atoms. The Morgan fingerprint density at radius 3 is 2.30 bits per heavy atom. The van der Waals surface area contributed by atoms with Crippen LogP contribution in [0.25, 0.3) is 0 Å². The molecule has 0 fully saturated rings. The van der Waals surface area contributed by atoms with Gasteiger partial charge in [-0.25, -0.2) is 4.99 Å². The number of phenolic OH excluding ortho intramolecular Hbond substituents is 1. The first-order chi connectivity index (χ1) is 11.0. The second-order valence-corrected chi connectivity index (χ2v) is 6.04. The summed E-state index contributed by atoms with van der Waals surface area (Å²) < 4.78 is 0.349. The number of alkyl halides is 1. The van der Waals surface area contributed by atoms with Crippen molar-refractivity contribution < 1.29 is 14.7 Å². The third-order valence-corrected chi connectivity index (χ3v) is 4.37. The maximum absolute atomic E-state index is 12.8. The van der Waals surface area contributed by atoms with Gasteiger partial charge in [0.15, 0.2) is 11.6 Å². The highest BCUT2D eigenvalue weighted by Crippen LogP contribution is 2.42. The molecular weight excluding hydrogens is 384 g/mol. The Hall–Kier alpha value is -2.18. The summed E-state index contributed by atoms with van der Waals surface area (Å²) in [5.74, 6) is -1.04. The van der Waals surface area contributed by atoms with E-state index in [2.05, 4.69) is 20.9 Å². The molecule has 0 atom stereocenters. The first-order valence-corrected chi connectivity index (χ1v) is 7.91. The summed E-state index contributed by atoms with van der Waals surface area (Å²) in [5, 5.41) is 10.2. The zero-order valence-electron chi connectivity index (χ0n) is 11.6. The molecule has 0 amide bonds. The van der Waals surface area contributed by atoms with Crippen molar-refractivity contribution in [3.63, 3.8) is 0 Å². The summed E-state index contributed by atoms with van der Waals surface area (Å²) in [5.41, 5.74) is 6.31. The molecule has 1 aliphatic rings. The fourth-order valence-electron chi connectivity index (χ4n) is 2.51. The highest BCUT2D eigenvalue weighted by atomic mass is 79.9. The average molecular weight is 394 g/mol. The quantitative estimate of drug-likeness (QED) is 0.397. The van der Waals surface area contributed by atoms with E-state index in [1.807, 2.05) is 0 Å². The number of nitrogens with zero attached hydrogens (tertiary/aromatic N) is 1. The molecule has 0 saturated heterocycles. The molecule has 0 bridgehead atoms. The van der Waals surface area contributed by atoms with Crippen LogP contribution >= 0.6 is 27.5 Å². The maximum Gasteiger partial charge on any atom is 0.198 e. The molecule has 1 aliphatic carbocycles. The van der Waals surface area contributed by atoms with Gasteiger partial charge in [0.2, 0.25) is 0 Å². The van der Waals surface area contributed by atoms with Gasteiger partial charge in [0.05, 0.1) is 22.7 Å². The number of hydrogen-bond acceptors (Lipinski definition) is 4. The van der Waals surface area contributed by atoms with E-state index in [1.54, 1.807) is 24.3 Å². The molecule has 0 radical (unpaired) electrons. The predicted molar refractivity (Wildman–Crippen MR) is 91.1 cm³/mol. The molecule has 3 N–H and O–H groups in total. The second kappa shape index (κ2) is 5.79. The van der Waals surface area contributed by atoms with Gasteiger partial charge in [-0.05, 0) is 22.0 Å². The Balaban J connectivity index is 2.38. The molecule has 116 valence electrons. The van der Waals surface area contributed by atoms with E-state index in [4.69, 9.17) is 17.3 Å². The van der Waals surface area contributed by atoms with Crippen molar-refractivity contribution >= 4 is 50.6 Å². The standard InChI is InChI=1S/C16H10BrClN2O3/c17-9-5-10(21)12-13(14(9)20-11(19)6-18)16(23)8-4-2-1-3-7(8)15(12)22/h1-5,21H,6H2,(H2,19,20). The molecule has 2 aromatic rings. The van der Waals surface area contributed by atoms with E-state index in [0.717, 1.165) is 0 Å². The van der Waals surface area contributed by atoms with Crippen molar-refractivity contribution in [1.82, 2.24) is 0 Å². The lowest BCUT2D eigenvalue weighted by Crippen LogP contribution is -2.22. The van der Waals surface area contributed by atoms with Crippen molar-refractivity contribution in [3.05, 3.63) is 57.1 Å². The monoisotopic (exact) mass is 392 g/mol. The fraction of sp³-hybridized carbons (Fsp3) is 0.0625. The summed E-state index contributed by atoms with van der Waals surface area (Å²) in [7, 11) is 0. The van der Waals surface area contributed by atoms with Gasteiger partial charge < -0.3 is 10.8 Å². The molecule has 0 aliphatic heterocycles. The van der Waals surface area contributed by atoms with Crippen LogP contribution in [-0.4, -0.2) is 28.4 Å². The van der Waals surface area contributed by atoms with E-state index in [1.165, 1.54) is 6.07 Å². The lowest BCUT2D eigenvalue weighted by molar-refractivity contribution is 0.0977. The predicted octanol–water partition coefficient (Wildman–Crippen LogP) is 3.16. The molecule has 0 unspecified atom stereocenters. The van der Waals surface area contributed by atoms with Gasteiger partial charge in [-0.1, -0.05) is 24.3 Å². The zero-order chi connectivity index (χ0) is 16.7. The number of hydrogen-bond donors (Lipinski definition) is 2. The van der Waals surface area contributed by atoms with Crippen LogP contribution in [-0.2, 0) is 0 Å². The first kappa shape index (κ1) is 15.7. The van der Waals surface area contributed by atoms with Crippen molar-refractivity contribution in [1.29, 1.82) is 0 Å². The van der Waals surface area contributed by atoms with Crippen molar-refractivity contribution in [2.24, 2.45) is 10.7 Å². The number of rotatable bonds is 2. The molecule has 23 heavy (non-hydrogen) atoms. The van der Waals surface area contributed by atoms with Crippen LogP contribution in [0.3, 0.4) is 0 Å². The maximum atomic E-state index is 12.8. The summed E-state index contributed by atoms with van der Waals surface area (Å²) in [6.45, 7) is 0. The summed E-state index contributed by atoms with van der Waals surface area (Å²) >= 11 is 8.88. The molecular formula is C16H10BrClN2O3. The van der Waals surface area contributed by atoms with Gasteiger partial charge in [0.1, 0.15) is 11.6 Å².